The Hall–Kier alpha value is -1.42. The minimum Gasteiger partial charge on any atom is -0.389 e. The second-order valence-electron chi connectivity index (χ2n) is 4.71. The van der Waals surface area contributed by atoms with Crippen LogP contribution in [0.5, 0.6) is 0 Å². The van der Waals surface area contributed by atoms with Gasteiger partial charge in [0.1, 0.15) is 4.99 Å². The van der Waals surface area contributed by atoms with E-state index in [4.69, 9.17) is 18.0 Å². The third kappa shape index (κ3) is 4.31. The molecule has 0 unspecified atom stereocenters. The number of likely N-dealkylation sites (N-methyl/N-ethyl adjacent to an activating group) is 1. The zero-order valence-corrected chi connectivity index (χ0v) is 12.7. The van der Waals surface area contributed by atoms with Gasteiger partial charge in [-0.15, -0.1) is 0 Å². The van der Waals surface area contributed by atoms with Gasteiger partial charge in [0, 0.05) is 18.7 Å². The monoisotopic (exact) mass is 278 g/mol. The molecular formula is C15H22N2OS. The predicted molar refractivity (Wildman–Crippen MR) is 83.2 cm³/mol. The number of hydrogen-bond acceptors (Lipinski definition) is 2. The van der Waals surface area contributed by atoms with Gasteiger partial charge in [-0.3, -0.25) is 4.79 Å². The molecule has 0 fully saturated rings. The van der Waals surface area contributed by atoms with Gasteiger partial charge in [0.05, 0.1) is 6.42 Å². The number of hydrogen-bond donors (Lipinski definition) is 1. The van der Waals surface area contributed by atoms with Crippen LogP contribution in [0.3, 0.4) is 0 Å². The molecule has 0 bridgehead atoms. The first-order valence-electron chi connectivity index (χ1n) is 6.64. The van der Waals surface area contributed by atoms with Crippen molar-refractivity contribution < 1.29 is 4.79 Å². The number of amides is 1. The van der Waals surface area contributed by atoms with Gasteiger partial charge in [-0.25, -0.2) is 0 Å². The zero-order valence-electron chi connectivity index (χ0n) is 11.8. The Morgan fingerprint density at radius 1 is 1.26 bits per heavy atom. The molecule has 0 radical (unpaired) electrons. The van der Waals surface area contributed by atoms with Crippen LogP contribution in [0.15, 0.2) is 24.3 Å². The van der Waals surface area contributed by atoms with Crippen molar-refractivity contribution in [2.24, 2.45) is 5.73 Å². The van der Waals surface area contributed by atoms with E-state index in [1.165, 1.54) is 0 Å². The normalized spacial score (nSPS) is 10.5. The molecule has 1 rings (SSSR count). The molecule has 104 valence electrons. The number of nitrogens with two attached hydrogens (primary N) is 1. The van der Waals surface area contributed by atoms with Crippen LogP contribution in [0, 0.1) is 0 Å². The average Bonchev–Trinajstić information content (AvgIpc) is 2.40. The smallest absolute Gasteiger partial charge is 0.226 e. The standard InChI is InChI=1S/C15H22N2OS/c1-4-13(5-2)17(3)14(18)10-11-6-8-12(9-7-11)15(16)19/h6-9,13H,4-5,10H2,1-3H3,(H2,16,19). The highest BCUT2D eigenvalue weighted by molar-refractivity contribution is 7.80. The highest BCUT2D eigenvalue weighted by Gasteiger charge is 2.16. The highest BCUT2D eigenvalue weighted by atomic mass is 32.1. The van der Waals surface area contributed by atoms with E-state index in [0.29, 0.717) is 17.5 Å². The fourth-order valence-electron chi connectivity index (χ4n) is 2.13. The van der Waals surface area contributed by atoms with Crippen LogP contribution in [0.2, 0.25) is 0 Å². The maximum atomic E-state index is 12.2. The lowest BCUT2D eigenvalue weighted by atomic mass is 10.1. The summed E-state index contributed by atoms with van der Waals surface area (Å²) in [5.74, 6) is 0.150. The summed E-state index contributed by atoms with van der Waals surface area (Å²) in [4.78, 5) is 14.4. The molecule has 0 aromatic heterocycles. The number of carbonyl (C=O) groups excluding carboxylic acids is 1. The van der Waals surface area contributed by atoms with Crippen molar-refractivity contribution in [1.29, 1.82) is 0 Å². The van der Waals surface area contributed by atoms with Gasteiger partial charge in [-0.05, 0) is 18.4 Å². The van der Waals surface area contributed by atoms with E-state index in [0.717, 1.165) is 24.0 Å². The molecule has 0 saturated carbocycles. The second-order valence-corrected chi connectivity index (χ2v) is 5.15. The van der Waals surface area contributed by atoms with Crippen molar-refractivity contribution >= 4 is 23.1 Å². The third-order valence-corrected chi connectivity index (χ3v) is 3.71. The molecule has 1 aromatic carbocycles. The molecule has 1 amide bonds. The van der Waals surface area contributed by atoms with Crippen molar-refractivity contribution in [1.82, 2.24) is 4.90 Å². The summed E-state index contributed by atoms with van der Waals surface area (Å²) in [5, 5.41) is 0. The molecule has 2 N–H and O–H groups in total. The number of nitrogens with zero attached hydrogens (tertiary/aromatic N) is 1. The first kappa shape index (κ1) is 15.6. The Balaban J connectivity index is 2.68. The summed E-state index contributed by atoms with van der Waals surface area (Å²) in [6.07, 6.45) is 2.39. The molecule has 0 aliphatic rings. The fourth-order valence-corrected chi connectivity index (χ4v) is 2.26. The van der Waals surface area contributed by atoms with Gasteiger partial charge in [-0.2, -0.15) is 0 Å². The van der Waals surface area contributed by atoms with Crippen LogP contribution < -0.4 is 5.73 Å². The zero-order chi connectivity index (χ0) is 14.4. The minimum atomic E-state index is 0.150. The van der Waals surface area contributed by atoms with Crippen LogP contribution in [0.1, 0.15) is 37.8 Å². The summed E-state index contributed by atoms with van der Waals surface area (Å²) in [5.41, 5.74) is 7.37. The Morgan fingerprint density at radius 3 is 2.21 bits per heavy atom. The molecule has 4 heteroatoms. The molecule has 19 heavy (non-hydrogen) atoms. The molecule has 0 aliphatic heterocycles. The summed E-state index contributed by atoms with van der Waals surface area (Å²) < 4.78 is 0. The van der Waals surface area contributed by atoms with Crippen molar-refractivity contribution in [2.75, 3.05) is 7.05 Å². The van der Waals surface area contributed by atoms with E-state index in [1.807, 2.05) is 36.2 Å². The van der Waals surface area contributed by atoms with Gasteiger partial charge in [-0.1, -0.05) is 50.3 Å². The van der Waals surface area contributed by atoms with E-state index < -0.39 is 0 Å². The molecule has 3 nitrogen and oxygen atoms in total. The van der Waals surface area contributed by atoms with E-state index >= 15 is 0 Å². The first-order valence-corrected chi connectivity index (χ1v) is 7.04. The van der Waals surface area contributed by atoms with Crippen molar-refractivity contribution in [2.45, 2.75) is 39.2 Å². The average molecular weight is 278 g/mol. The van der Waals surface area contributed by atoms with Gasteiger partial charge in [0.15, 0.2) is 0 Å². The summed E-state index contributed by atoms with van der Waals surface area (Å²) in [7, 11) is 1.88. The summed E-state index contributed by atoms with van der Waals surface area (Å²) in [6, 6.07) is 7.87. The third-order valence-electron chi connectivity index (χ3n) is 3.48. The van der Waals surface area contributed by atoms with Crippen LogP contribution in [0.25, 0.3) is 0 Å². The SMILES string of the molecule is CCC(CC)N(C)C(=O)Cc1ccc(C(N)=S)cc1. The minimum absolute atomic E-state index is 0.150. The summed E-state index contributed by atoms with van der Waals surface area (Å²) >= 11 is 4.90. The van der Waals surface area contributed by atoms with Gasteiger partial charge >= 0.3 is 0 Å². The Kier molecular flexibility index (Phi) is 5.96. The number of rotatable bonds is 6. The lowest BCUT2D eigenvalue weighted by Gasteiger charge is -2.26. The number of carbonyl (C=O) groups is 1. The Morgan fingerprint density at radius 2 is 1.79 bits per heavy atom. The predicted octanol–water partition coefficient (Wildman–Crippen LogP) is 2.51. The van der Waals surface area contributed by atoms with Crippen LogP contribution in [0.4, 0.5) is 0 Å². The van der Waals surface area contributed by atoms with Crippen molar-refractivity contribution in [3.8, 4) is 0 Å². The van der Waals surface area contributed by atoms with Gasteiger partial charge in [0.2, 0.25) is 5.91 Å². The van der Waals surface area contributed by atoms with Crippen LogP contribution in [-0.4, -0.2) is 28.9 Å². The fraction of sp³-hybridized carbons (Fsp3) is 0.467. The topological polar surface area (TPSA) is 46.3 Å². The second kappa shape index (κ2) is 7.24. The maximum Gasteiger partial charge on any atom is 0.226 e. The van der Waals surface area contributed by atoms with Crippen LogP contribution in [-0.2, 0) is 11.2 Å². The molecule has 0 spiro atoms. The lowest BCUT2D eigenvalue weighted by Crippen LogP contribution is -2.37. The van der Waals surface area contributed by atoms with Crippen molar-refractivity contribution in [3.63, 3.8) is 0 Å². The Bertz CT molecular complexity index is 438. The van der Waals surface area contributed by atoms with E-state index in [9.17, 15) is 4.79 Å². The molecule has 0 heterocycles. The van der Waals surface area contributed by atoms with E-state index in [-0.39, 0.29) is 5.91 Å². The largest absolute Gasteiger partial charge is 0.389 e. The van der Waals surface area contributed by atoms with E-state index in [2.05, 4.69) is 13.8 Å². The Labute approximate surface area is 120 Å². The summed E-state index contributed by atoms with van der Waals surface area (Å²) in [6.45, 7) is 4.21. The van der Waals surface area contributed by atoms with E-state index in [1.54, 1.807) is 0 Å². The number of thiocarbonyl (C=S) groups is 1. The first-order chi connectivity index (χ1) is 8.99. The highest BCUT2D eigenvalue weighted by Crippen LogP contribution is 2.10. The maximum absolute atomic E-state index is 12.2. The quantitative estimate of drug-likeness (QED) is 0.813. The van der Waals surface area contributed by atoms with Crippen LogP contribution >= 0.6 is 12.2 Å². The molecule has 1 aromatic rings. The van der Waals surface area contributed by atoms with Gasteiger partial charge in [0.25, 0.3) is 0 Å². The molecule has 0 atom stereocenters. The molecule has 0 aliphatic carbocycles. The number of benzene rings is 1. The lowest BCUT2D eigenvalue weighted by molar-refractivity contribution is -0.131. The molecule has 0 saturated heterocycles. The van der Waals surface area contributed by atoms with Gasteiger partial charge < -0.3 is 10.6 Å². The van der Waals surface area contributed by atoms with Crippen molar-refractivity contribution in [3.05, 3.63) is 35.4 Å². The molecular weight excluding hydrogens is 256 g/mol.